The van der Waals surface area contributed by atoms with Crippen molar-refractivity contribution in [2.24, 2.45) is 5.92 Å². The number of aromatic nitrogens is 3. The first-order chi connectivity index (χ1) is 9.29. The number of nitrogens with zero attached hydrogens (tertiary/aromatic N) is 2. The highest BCUT2D eigenvalue weighted by Gasteiger charge is 2.13. The maximum atomic E-state index is 11.6. The van der Waals surface area contributed by atoms with Gasteiger partial charge in [-0.2, -0.15) is 5.10 Å². The van der Waals surface area contributed by atoms with Crippen molar-refractivity contribution in [1.29, 1.82) is 0 Å². The second-order valence-corrected chi connectivity index (χ2v) is 7.56. The molecule has 2 rings (SSSR count). The van der Waals surface area contributed by atoms with Gasteiger partial charge < -0.3 is 0 Å². The first kappa shape index (κ1) is 14.9. The molecule has 0 bridgehead atoms. The third kappa shape index (κ3) is 3.16. The van der Waals surface area contributed by atoms with E-state index >= 15 is 0 Å². The lowest BCUT2D eigenvalue weighted by atomic mass is 10.2. The van der Waals surface area contributed by atoms with Gasteiger partial charge in [0, 0.05) is 18.4 Å². The van der Waals surface area contributed by atoms with Crippen molar-refractivity contribution in [2.45, 2.75) is 25.3 Å². The Bertz CT molecular complexity index is 773. The maximum absolute atomic E-state index is 11.6. The molecule has 2 aromatic rings. The lowest BCUT2D eigenvalue weighted by Gasteiger charge is -2.10. The SMILES string of the molecule is CC(C)Cn1c(-c2cccc(S(C)(=O)=O)c2)n[nH]c1=S. The maximum Gasteiger partial charge on any atom is 0.195 e. The number of nitrogens with one attached hydrogen (secondary N) is 1. The quantitative estimate of drug-likeness (QED) is 0.882. The van der Waals surface area contributed by atoms with Crippen LogP contribution in [-0.2, 0) is 16.4 Å². The number of benzene rings is 1. The van der Waals surface area contributed by atoms with Gasteiger partial charge in [0.05, 0.1) is 4.90 Å². The van der Waals surface area contributed by atoms with Gasteiger partial charge in [0.1, 0.15) is 0 Å². The van der Waals surface area contributed by atoms with Crippen LogP contribution in [0.3, 0.4) is 0 Å². The van der Waals surface area contributed by atoms with E-state index in [4.69, 9.17) is 12.2 Å². The van der Waals surface area contributed by atoms with Crippen molar-refractivity contribution in [3.63, 3.8) is 0 Å². The molecule has 0 radical (unpaired) electrons. The lowest BCUT2D eigenvalue weighted by molar-refractivity contribution is 0.521. The molecule has 0 aliphatic rings. The zero-order valence-corrected chi connectivity index (χ0v) is 13.3. The van der Waals surface area contributed by atoms with Crippen LogP contribution in [0.2, 0.25) is 0 Å². The molecule has 1 N–H and O–H groups in total. The predicted octanol–water partition coefficient (Wildman–Crippen LogP) is 2.67. The summed E-state index contributed by atoms with van der Waals surface area (Å²) < 4.78 is 25.7. The summed E-state index contributed by atoms with van der Waals surface area (Å²) in [5.41, 5.74) is 0.737. The van der Waals surface area contributed by atoms with Gasteiger partial charge in [-0.15, -0.1) is 0 Å². The highest BCUT2D eigenvalue weighted by molar-refractivity contribution is 7.90. The molecule has 0 saturated heterocycles. The summed E-state index contributed by atoms with van der Waals surface area (Å²) in [5.74, 6) is 1.07. The Morgan fingerprint density at radius 1 is 1.40 bits per heavy atom. The Labute approximate surface area is 123 Å². The molecule has 0 fully saturated rings. The smallest absolute Gasteiger partial charge is 0.195 e. The Morgan fingerprint density at radius 3 is 2.70 bits per heavy atom. The Morgan fingerprint density at radius 2 is 2.10 bits per heavy atom. The molecule has 0 atom stereocenters. The van der Waals surface area contributed by atoms with E-state index in [9.17, 15) is 8.42 Å². The lowest BCUT2D eigenvalue weighted by Crippen LogP contribution is -2.07. The van der Waals surface area contributed by atoms with Crippen molar-refractivity contribution in [1.82, 2.24) is 14.8 Å². The van der Waals surface area contributed by atoms with Gasteiger partial charge in [-0.05, 0) is 30.3 Å². The van der Waals surface area contributed by atoms with Gasteiger partial charge in [0.2, 0.25) is 0 Å². The first-order valence-electron chi connectivity index (χ1n) is 6.24. The molecule has 20 heavy (non-hydrogen) atoms. The second-order valence-electron chi connectivity index (χ2n) is 5.16. The van der Waals surface area contributed by atoms with E-state index in [1.54, 1.807) is 18.2 Å². The van der Waals surface area contributed by atoms with Crippen LogP contribution in [0.5, 0.6) is 0 Å². The van der Waals surface area contributed by atoms with Gasteiger partial charge in [0.15, 0.2) is 20.4 Å². The summed E-state index contributed by atoms with van der Waals surface area (Å²) in [4.78, 5) is 0.278. The molecular formula is C13H17N3O2S2. The van der Waals surface area contributed by atoms with Crippen LogP contribution in [0.25, 0.3) is 11.4 Å². The predicted molar refractivity (Wildman–Crippen MR) is 80.8 cm³/mol. The summed E-state index contributed by atoms with van der Waals surface area (Å²) in [6, 6.07) is 6.74. The van der Waals surface area contributed by atoms with Crippen LogP contribution in [-0.4, -0.2) is 29.4 Å². The van der Waals surface area contributed by atoms with Gasteiger partial charge in [0.25, 0.3) is 0 Å². The molecular weight excluding hydrogens is 294 g/mol. The van der Waals surface area contributed by atoms with E-state index in [0.717, 1.165) is 12.1 Å². The topological polar surface area (TPSA) is 67.8 Å². The Kier molecular flexibility index (Phi) is 4.10. The van der Waals surface area contributed by atoms with E-state index < -0.39 is 9.84 Å². The largest absolute Gasteiger partial charge is 0.300 e. The summed E-state index contributed by atoms with van der Waals surface area (Å²) in [7, 11) is -3.24. The highest BCUT2D eigenvalue weighted by Crippen LogP contribution is 2.21. The number of rotatable bonds is 4. The average Bonchev–Trinajstić information content (AvgIpc) is 2.70. The molecule has 1 aromatic heterocycles. The standard InChI is InChI=1S/C13H17N3O2S2/c1-9(2)8-16-12(14-15-13(16)19)10-5-4-6-11(7-10)20(3,17)18/h4-7,9H,8H2,1-3H3,(H,15,19). The van der Waals surface area contributed by atoms with Crippen LogP contribution in [0.4, 0.5) is 0 Å². The number of hydrogen-bond acceptors (Lipinski definition) is 4. The number of H-pyrrole nitrogens is 1. The van der Waals surface area contributed by atoms with Crippen LogP contribution < -0.4 is 0 Å². The zero-order chi connectivity index (χ0) is 14.9. The molecule has 7 heteroatoms. The number of hydrogen-bond donors (Lipinski definition) is 1. The van der Waals surface area contributed by atoms with Crippen molar-refractivity contribution < 1.29 is 8.42 Å². The molecule has 0 aliphatic heterocycles. The van der Waals surface area contributed by atoms with Crippen molar-refractivity contribution in [2.75, 3.05) is 6.26 Å². The Hall–Kier alpha value is -1.47. The minimum absolute atomic E-state index is 0.278. The summed E-state index contributed by atoms with van der Waals surface area (Å²) in [6.45, 7) is 4.91. The molecule has 1 heterocycles. The molecule has 0 saturated carbocycles. The van der Waals surface area contributed by atoms with Gasteiger partial charge in [-0.25, -0.2) is 8.42 Å². The summed E-state index contributed by atoms with van der Waals surface area (Å²) in [6.07, 6.45) is 1.19. The fourth-order valence-corrected chi connectivity index (χ4v) is 2.81. The van der Waals surface area contributed by atoms with Crippen LogP contribution >= 0.6 is 12.2 Å². The second kappa shape index (κ2) is 5.49. The third-order valence-corrected chi connectivity index (χ3v) is 4.25. The summed E-state index contributed by atoms with van der Waals surface area (Å²) in [5, 5.41) is 6.98. The number of aromatic amines is 1. The van der Waals surface area contributed by atoms with E-state index in [2.05, 4.69) is 24.0 Å². The highest BCUT2D eigenvalue weighted by atomic mass is 32.2. The van der Waals surface area contributed by atoms with Crippen molar-refractivity contribution in [3.8, 4) is 11.4 Å². The summed E-state index contributed by atoms with van der Waals surface area (Å²) >= 11 is 5.22. The van der Waals surface area contributed by atoms with Crippen LogP contribution in [0.1, 0.15) is 13.8 Å². The zero-order valence-electron chi connectivity index (χ0n) is 11.6. The van der Waals surface area contributed by atoms with Crippen molar-refractivity contribution in [3.05, 3.63) is 29.0 Å². The monoisotopic (exact) mass is 311 g/mol. The molecule has 0 unspecified atom stereocenters. The fourth-order valence-electron chi connectivity index (χ4n) is 1.94. The average molecular weight is 311 g/mol. The van der Waals surface area contributed by atoms with E-state index in [1.165, 1.54) is 6.26 Å². The van der Waals surface area contributed by atoms with Crippen LogP contribution in [0.15, 0.2) is 29.2 Å². The molecule has 0 amide bonds. The first-order valence-corrected chi connectivity index (χ1v) is 8.54. The minimum atomic E-state index is -3.24. The van der Waals surface area contributed by atoms with Gasteiger partial charge >= 0.3 is 0 Å². The minimum Gasteiger partial charge on any atom is -0.300 e. The normalized spacial score (nSPS) is 12.0. The number of sulfone groups is 1. The van der Waals surface area contributed by atoms with Crippen LogP contribution in [0, 0.1) is 10.7 Å². The molecule has 5 nitrogen and oxygen atoms in total. The molecule has 0 spiro atoms. The fraction of sp³-hybridized carbons (Fsp3) is 0.385. The van der Waals surface area contributed by atoms with E-state index in [-0.39, 0.29) is 4.90 Å². The van der Waals surface area contributed by atoms with E-state index in [0.29, 0.717) is 16.5 Å². The third-order valence-electron chi connectivity index (χ3n) is 2.83. The van der Waals surface area contributed by atoms with Gasteiger partial charge in [-0.3, -0.25) is 9.67 Å². The molecule has 108 valence electrons. The Balaban J connectivity index is 2.55. The van der Waals surface area contributed by atoms with E-state index in [1.807, 2.05) is 10.6 Å². The van der Waals surface area contributed by atoms with Gasteiger partial charge in [-0.1, -0.05) is 26.0 Å². The molecule has 0 aliphatic carbocycles. The van der Waals surface area contributed by atoms with Crippen molar-refractivity contribution >= 4 is 22.1 Å². The molecule has 1 aromatic carbocycles.